The van der Waals surface area contributed by atoms with Crippen LogP contribution in [0.25, 0.3) is 0 Å². The maximum Gasteiger partial charge on any atom is 0.220 e. The fourth-order valence-electron chi connectivity index (χ4n) is 4.00. The van der Waals surface area contributed by atoms with E-state index in [9.17, 15) is 4.39 Å². The minimum Gasteiger partial charge on any atom is -0.369 e. The Hall–Kier alpha value is -2.54. The molecule has 0 bridgehead atoms. The summed E-state index contributed by atoms with van der Waals surface area (Å²) >= 11 is 1.59. The molecule has 5 nitrogen and oxygen atoms in total. The summed E-state index contributed by atoms with van der Waals surface area (Å²) in [5, 5.41) is 0. The molecule has 1 aliphatic heterocycles. The quantitative estimate of drug-likeness (QED) is 0.757. The zero-order chi connectivity index (χ0) is 19.6. The number of anilines is 1. The van der Waals surface area contributed by atoms with Crippen LogP contribution in [0.4, 0.5) is 10.1 Å². The lowest BCUT2D eigenvalue weighted by Crippen LogP contribution is -2.58. The summed E-state index contributed by atoms with van der Waals surface area (Å²) in [7, 11) is 0. The van der Waals surface area contributed by atoms with Gasteiger partial charge in [-0.2, -0.15) is 4.99 Å². The molecule has 0 atom stereocenters. The summed E-state index contributed by atoms with van der Waals surface area (Å²) < 4.78 is 14.0. The number of nitrogens with zero attached hydrogens (tertiary/aromatic N) is 3. The van der Waals surface area contributed by atoms with Crippen LogP contribution in [0, 0.1) is 5.82 Å². The number of rotatable bonds is 4. The molecule has 7 heteroatoms. The standard InChI is InChI=1S/C21H24FN5S/c22-16-9-3-2-8-15(16)14-28-18-11-5-4-10-17(18)27-20(24)25-19(23)26-21(27)12-6-1-7-13-21/h2-5,8-11H,1,6-7,12-14H2,(H4,23,24,25,26). The van der Waals surface area contributed by atoms with Gasteiger partial charge in [0.25, 0.3) is 0 Å². The van der Waals surface area contributed by atoms with Gasteiger partial charge in [-0.25, -0.2) is 9.38 Å². The molecule has 0 saturated heterocycles. The molecule has 0 amide bonds. The van der Waals surface area contributed by atoms with Gasteiger partial charge in [0.1, 0.15) is 11.5 Å². The first-order valence-corrected chi connectivity index (χ1v) is 10.5. The van der Waals surface area contributed by atoms with Crippen molar-refractivity contribution in [3.8, 4) is 0 Å². The van der Waals surface area contributed by atoms with Crippen molar-refractivity contribution in [2.24, 2.45) is 21.5 Å². The van der Waals surface area contributed by atoms with Gasteiger partial charge in [-0.3, -0.25) is 4.90 Å². The minimum atomic E-state index is -0.483. The van der Waals surface area contributed by atoms with Gasteiger partial charge in [0.15, 0.2) is 0 Å². The third-order valence-electron chi connectivity index (χ3n) is 5.30. The van der Waals surface area contributed by atoms with Crippen LogP contribution in [0.15, 0.2) is 63.4 Å². The van der Waals surface area contributed by atoms with Crippen molar-refractivity contribution >= 4 is 29.4 Å². The Morgan fingerprint density at radius 3 is 2.50 bits per heavy atom. The van der Waals surface area contributed by atoms with Crippen LogP contribution >= 0.6 is 11.8 Å². The lowest BCUT2D eigenvalue weighted by molar-refractivity contribution is 0.305. The van der Waals surface area contributed by atoms with Gasteiger partial charge in [-0.15, -0.1) is 11.8 Å². The van der Waals surface area contributed by atoms with Crippen molar-refractivity contribution in [1.82, 2.24) is 0 Å². The molecule has 0 aromatic heterocycles. The smallest absolute Gasteiger partial charge is 0.220 e. The molecule has 1 spiro atoms. The highest BCUT2D eigenvalue weighted by atomic mass is 32.2. The number of benzene rings is 2. The van der Waals surface area contributed by atoms with Gasteiger partial charge in [0.05, 0.1) is 5.69 Å². The van der Waals surface area contributed by atoms with E-state index < -0.39 is 5.66 Å². The minimum absolute atomic E-state index is 0.187. The highest BCUT2D eigenvalue weighted by Gasteiger charge is 2.43. The third kappa shape index (κ3) is 3.58. The second-order valence-corrected chi connectivity index (χ2v) is 8.18. The number of thioether (sulfide) groups is 1. The summed E-state index contributed by atoms with van der Waals surface area (Å²) in [5.41, 5.74) is 13.5. The molecular formula is C21H24FN5S. The maximum atomic E-state index is 14.0. The summed E-state index contributed by atoms with van der Waals surface area (Å²) in [6, 6.07) is 14.9. The molecule has 2 aliphatic rings. The first kappa shape index (κ1) is 18.8. The molecule has 2 aromatic carbocycles. The first-order chi connectivity index (χ1) is 13.6. The number of hydrogen-bond acceptors (Lipinski definition) is 6. The van der Waals surface area contributed by atoms with E-state index in [4.69, 9.17) is 16.5 Å². The van der Waals surface area contributed by atoms with Gasteiger partial charge in [0.2, 0.25) is 11.9 Å². The van der Waals surface area contributed by atoms with Gasteiger partial charge in [0, 0.05) is 10.6 Å². The Morgan fingerprint density at radius 2 is 1.71 bits per heavy atom. The zero-order valence-corrected chi connectivity index (χ0v) is 16.5. The SMILES string of the molecule is NC1=NC2(CCCCC2)N(c2ccccc2SCc2ccccc2F)C(N)=N1. The summed E-state index contributed by atoms with van der Waals surface area (Å²) in [4.78, 5) is 12.0. The van der Waals surface area contributed by atoms with E-state index in [0.29, 0.717) is 17.3 Å². The van der Waals surface area contributed by atoms with Crippen LogP contribution in [0.1, 0.15) is 37.7 Å². The average Bonchev–Trinajstić information content (AvgIpc) is 2.68. The molecule has 28 heavy (non-hydrogen) atoms. The summed E-state index contributed by atoms with van der Waals surface area (Å²) in [6.07, 6.45) is 5.11. The molecular weight excluding hydrogens is 373 g/mol. The van der Waals surface area contributed by atoms with Crippen LogP contribution in [-0.4, -0.2) is 17.6 Å². The van der Waals surface area contributed by atoms with Gasteiger partial charge in [-0.1, -0.05) is 36.8 Å². The van der Waals surface area contributed by atoms with Crippen molar-refractivity contribution < 1.29 is 4.39 Å². The van der Waals surface area contributed by atoms with Crippen molar-refractivity contribution in [1.29, 1.82) is 0 Å². The third-order valence-corrected chi connectivity index (χ3v) is 6.41. The van der Waals surface area contributed by atoms with Crippen LogP contribution < -0.4 is 16.4 Å². The van der Waals surface area contributed by atoms with Crippen molar-refractivity contribution in [2.75, 3.05) is 4.90 Å². The second kappa shape index (κ2) is 7.83. The van der Waals surface area contributed by atoms with Crippen molar-refractivity contribution in [3.63, 3.8) is 0 Å². The highest BCUT2D eigenvalue weighted by Crippen LogP contribution is 2.43. The van der Waals surface area contributed by atoms with E-state index in [-0.39, 0.29) is 11.8 Å². The van der Waals surface area contributed by atoms with Crippen LogP contribution in [0.3, 0.4) is 0 Å². The normalized spacial score (nSPS) is 18.7. The van der Waals surface area contributed by atoms with E-state index >= 15 is 0 Å². The van der Waals surface area contributed by atoms with E-state index in [1.807, 2.05) is 41.3 Å². The van der Waals surface area contributed by atoms with Crippen LogP contribution in [0.2, 0.25) is 0 Å². The Kier molecular flexibility index (Phi) is 5.26. The molecule has 2 aromatic rings. The molecule has 1 fully saturated rings. The number of aliphatic imine (C=N–C) groups is 2. The molecule has 1 aliphatic carbocycles. The van der Waals surface area contributed by atoms with Crippen LogP contribution in [-0.2, 0) is 5.75 Å². The maximum absolute atomic E-state index is 14.0. The summed E-state index contributed by atoms with van der Waals surface area (Å²) in [5.74, 6) is 0.959. The second-order valence-electron chi connectivity index (χ2n) is 7.17. The molecule has 1 saturated carbocycles. The number of para-hydroxylation sites is 1. The van der Waals surface area contributed by atoms with Gasteiger partial charge in [-0.05, 0) is 49.4 Å². The molecule has 0 unspecified atom stereocenters. The lowest BCUT2D eigenvalue weighted by Gasteiger charge is -2.46. The molecule has 4 N–H and O–H groups in total. The van der Waals surface area contributed by atoms with Crippen molar-refractivity contribution in [3.05, 3.63) is 59.9 Å². The van der Waals surface area contributed by atoms with E-state index in [1.54, 1.807) is 17.8 Å². The number of hydrogen-bond donors (Lipinski definition) is 2. The van der Waals surface area contributed by atoms with E-state index in [1.165, 1.54) is 12.5 Å². The topological polar surface area (TPSA) is 80.0 Å². The number of halogens is 1. The molecule has 4 rings (SSSR count). The Morgan fingerprint density at radius 1 is 1.00 bits per heavy atom. The molecule has 0 radical (unpaired) electrons. The Labute approximate surface area is 168 Å². The van der Waals surface area contributed by atoms with Crippen molar-refractivity contribution in [2.45, 2.75) is 48.4 Å². The number of guanidine groups is 2. The molecule has 1 heterocycles. The predicted octanol–water partition coefficient (Wildman–Crippen LogP) is 4.23. The average molecular weight is 398 g/mol. The number of nitrogens with two attached hydrogens (primary N) is 2. The van der Waals surface area contributed by atoms with E-state index in [2.05, 4.69) is 4.99 Å². The predicted molar refractivity (Wildman–Crippen MR) is 114 cm³/mol. The Bertz CT molecular complexity index is 921. The van der Waals surface area contributed by atoms with Gasteiger partial charge < -0.3 is 11.5 Å². The van der Waals surface area contributed by atoms with Crippen LogP contribution in [0.5, 0.6) is 0 Å². The fourth-order valence-corrected chi connectivity index (χ4v) is 5.03. The fraction of sp³-hybridized carbons (Fsp3) is 0.333. The Balaban J connectivity index is 1.68. The van der Waals surface area contributed by atoms with E-state index in [0.717, 1.165) is 36.3 Å². The zero-order valence-electron chi connectivity index (χ0n) is 15.6. The summed E-state index contributed by atoms with van der Waals surface area (Å²) in [6.45, 7) is 0. The monoisotopic (exact) mass is 397 g/mol. The highest BCUT2D eigenvalue weighted by molar-refractivity contribution is 7.98. The molecule has 146 valence electrons. The largest absolute Gasteiger partial charge is 0.369 e. The lowest BCUT2D eigenvalue weighted by atomic mass is 9.87. The van der Waals surface area contributed by atoms with Gasteiger partial charge >= 0.3 is 0 Å². The first-order valence-electron chi connectivity index (χ1n) is 9.54.